The van der Waals surface area contributed by atoms with Gasteiger partial charge in [0.15, 0.2) is 0 Å². The van der Waals surface area contributed by atoms with E-state index in [1.54, 1.807) is 42.7 Å². The fourth-order valence-corrected chi connectivity index (χ4v) is 2.51. The molecule has 1 aliphatic heterocycles. The number of carbonyl (C=O) groups excluding carboxylic acids is 2. The van der Waals surface area contributed by atoms with Crippen LogP contribution in [-0.2, 0) is 14.3 Å². The van der Waals surface area contributed by atoms with Gasteiger partial charge in [-0.1, -0.05) is 6.07 Å². The number of rotatable bonds is 4. The molecule has 1 heterocycles. The molecule has 0 N–H and O–H groups in total. The van der Waals surface area contributed by atoms with Gasteiger partial charge in [-0.25, -0.2) is 4.39 Å². The normalized spacial score (nSPS) is 19.4. The van der Waals surface area contributed by atoms with Crippen molar-refractivity contribution in [2.45, 2.75) is 26.8 Å². The molecule has 0 bridgehead atoms. The molecule has 1 saturated heterocycles. The van der Waals surface area contributed by atoms with Gasteiger partial charge < -0.3 is 9.64 Å². The summed E-state index contributed by atoms with van der Waals surface area (Å²) in [5, 5.41) is 0. The Bertz CT molecular complexity index is 577. The summed E-state index contributed by atoms with van der Waals surface area (Å²) in [5.74, 6) is -0.803. The van der Waals surface area contributed by atoms with E-state index in [0.717, 1.165) is 0 Å². The van der Waals surface area contributed by atoms with Gasteiger partial charge >= 0.3 is 5.97 Å². The van der Waals surface area contributed by atoms with Crippen LogP contribution in [0.5, 0.6) is 0 Å². The van der Waals surface area contributed by atoms with Crippen LogP contribution in [0.1, 0.15) is 19.4 Å². The minimum Gasteiger partial charge on any atom is -0.465 e. The molecule has 0 saturated carbocycles. The molecule has 0 aliphatic carbocycles. The minimum absolute atomic E-state index is 0.0941. The predicted octanol–water partition coefficient (Wildman–Crippen LogP) is 1.73. The summed E-state index contributed by atoms with van der Waals surface area (Å²) in [6, 6.07) is 4.33. The number of hydrogen-bond acceptors (Lipinski definition) is 4. The Morgan fingerprint density at radius 2 is 2.14 bits per heavy atom. The molecule has 5 nitrogen and oxygen atoms in total. The van der Waals surface area contributed by atoms with Gasteiger partial charge in [0.05, 0.1) is 19.2 Å². The smallest absolute Gasteiger partial charge is 0.320 e. The summed E-state index contributed by atoms with van der Waals surface area (Å²) in [5.41, 5.74) is 1.10. The maximum Gasteiger partial charge on any atom is 0.320 e. The van der Waals surface area contributed by atoms with Gasteiger partial charge in [0, 0.05) is 18.8 Å². The lowest BCUT2D eigenvalue weighted by molar-refractivity contribution is -0.145. The summed E-state index contributed by atoms with van der Waals surface area (Å²) in [6.45, 7) is 6.56. The number of anilines is 1. The van der Waals surface area contributed by atoms with Crippen LogP contribution in [0.25, 0.3) is 0 Å². The van der Waals surface area contributed by atoms with Crippen molar-refractivity contribution in [1.82, 2.24) is 4.90 Å². The third kappa shape index (κ3) is 3.44. The van der Waals surface area contributed by atoms with Gasteiger partial charge in [0.1, 0.15) is 5.82 Å². The Morgan fingerprint density at radius 1 is 1.41 bits per heavy atom. The number of aryl methyl sites for hydroxylation is 1. The number of benzene rings is 1. The second kappa shape index (κ2) is 6.87. The molecular weight excluding hydrogens is 287 g/mol. The van der Waals surface area contributed by atoms with E-state index in [2.05, 4.69) is 0 Å². The number of amides is 1. The van der Waals surface area contributed by atoms with Gasteiger partial charge in [0.2, 0.25) is 5.91 Å². The first-order valence-electron chi connectivity index (χ1n) is 7.41. The van der Waals surface area contributed by atoms with Gasteiger partial charge in [-0.05, 0) is 38.5 Å². The zero-order valence-electron chi connectivity index (χ0n) is 13.1. The van der Waals surface area contributed by atoms with Crippen molar-refractivity contribution in [2.24, 2.45) is 0 Å². The third-order valence-corrected chi connectivity index (χ3v) is 3.89. The van der Waals surface area contributed by atoms with Crippen LogP contribution >= 0.6 is 0 Å². The number of carbonyl (C=O) groups is 2. The van der Waals surface area contributed by atoms with Crippen molar-refractivity contribution < 1.29 is 18.7 Å². The van der Waals surface area contributed by atoms with Crippen molar-refractivity contribution in [1.29, 1.82) is 0 Å². The van der Waals surface area contributed by atoms with Gasteiger partial charge in [-0.2, -0.15) is 0 Å². The molecule has 0 radical (unpaired) electrons. The Hall–Kier alpha value is -1.95. The molecule has 1 amide bonds. The topological polar surface area (TPSA) is 49.9 Å². The number of halogens is 1. The zero-order chi connectivity index (χ0) is 16.3. The highest BCUT2D eigenvalue weighted by atomic mass is 19.1. The summed E-state index contributed by atoms with van der Waals surface area (Å²) >= 11 is 0. The first kappa shape index (κ1) is 16.4. The molecule has 0 aromatic heterocycles. The number of nitrogens with zero attached hydrogens (tertiary/aromatic N) is 2. The Morgan fingerprint density at radius 3 is 2.77 bits per heavy atom. The summed E-state index contributed by atoms with van der Waals surface area (Å²) in [4.78, 5) is 27.4. The van der Waals surface area contributed by atoms with E-state index in [1.807, 2.05) is 0 Å². The van der Waals surface area contributed by atoms with Crippen molar-refractivity contribution in [3.63, 3.8) is 0 Å². The molecule has 120 valence electrons. The highest BCUT2D eigenvalue weighted by Gasteiger charge is 2.33. The van der Waals surface area contributed by atoms with Crippen LogP contribution in [0, 0.1) is 12.7 Å². The molecule has 1 aromatic rings. The molecule has 1 aliphatic rings. The van der Waals surface area contributed by atoms with Gasteiger partial charge in [-0.3, -0.25) is 14.5 Å². The van der Waals surface area contributed by atoms with E-state index < -0.39 is 6.04 Å². The number of ether oxygens (including phenoxy) is 1. The second-order valence-corrected chi connectivity index (χ2v) is 5.37. The number of esters is 1. The lowest BCUT2D eigenvalue weighted by atomic mass is 10.1. The third-order valence-electron chi connectivity index (χ3n) is 3.89. The fourth-order valence-electron chi connectivity index (χ4n) is 2.51. The van der Waals surface area contributed by atoms with Crippen molar-refractivity contribution in [3.05, 3.63) is 29.6 Å². The van der Waals surface area contributed by atoms with Crippen LogP contribution in [0.4, 0.5) is 10.1 Å². The number of piperazine rings is 1. The molecule has 1 aromatic carbocycles. The summed E-state index contributed by atoms with van der Waals surface area (Å²) in [7, 11) is 0. The van der Waals surface area contributed by atoms with Crippen LogP contribution in [0.2, 0.25) is 0 Å². The van der Waals surface area contributed by atoms with Crippen molar-refractivity contribution >= 4 is 17.6 Å². The molecular formula is C16H21FN2O3. The second-order valence-electron chi connectivity index (χ2n) is 5.37. The highest BCUT2D eigenvalue weighted by molar-refractivity contribution is 5.98. The van der Waals surface area contributed by atoms with Crippen LogP contribution < -0.4 is 4.90 Å². The maximum absolute atomic E-state index is 13.7. The average molecular weight is 308 g/mol. The van der Waals surface area contributed by atoms with Crippen LogP contribution in [0.15, 0.2) is 18.2 Å². The van der Waals surface area contributed by atoms with E-state index >= 15 is 0 Å². The van der Waals surface area contributed by atoms with E-state index in [-0.39, 0.29) is 24.2 Å². The molecule has 6 heteroatoms. The first-order chi connectivity index (χ1) is 10.4. The van der Waals surface area contributed by atoms with Gasteiger partial charge in [-0.15, -0.1) is 0 Å². The van der Waals surface area contributed by atoms with E-state index in [1.165, 1.54) is 6.07 Å². The van der Waals surface area contributed by atoms with Gasteiger partial charge in [0.25, 0.3) is 0 Å². The SMILES string of the molecule is CCOC(=O)CN1CCN(c2ccc(C)c(F)c2)C(=O)[C@H]1C. The highest BCUT2D eigenvalue weighted by Crippen LogP contribution is 2.22. The number of hydrogen-bond donors (Lipinski definition) is 0. The zero-order valence-corrected chi connectivity index (χ0v) is 13.1. The summed E-state index contributed by atoms with van der Waals surface area (Å²) in [6.07, 6.45) is 0. The monoisotopic (exact) mass is 308 g/mol. The minimum atomic E-state index is -0.442. The largest absolute Gasteiger partial charge is 0.465 e. The Kier molecular flexibility index (Phi) is 5.13. The van der Waals surface area contributed by atoms with Crippen molar-refractivity contribution in [3.8, 4) is 0 Å². The maximum atomic E-state index is 13.7. The molecule has 0 unspecified atom stereocenters. The predicted molar refractivity (Wildman–Crippen MR) is 81.2 cm³/mol. The lowest BCUT2D eigenvalue weighted by Crippen LogP contribution is -2.57. The quantitative estimate of drug-likeness (QED) is 0.795. The van der Waals surface area contributed by atoms with Crippen LogP contribution in [-0.4, -0.2) is 49.1 Å². The van der Waals surface area contributed by atoms with E-state index in [9.17, 15) is 14.0 Å². The summed E-state index contributed by atoms with van der Waals surface area (Å²) < 4.78 is 18.6. The van der Waals surface area contributed by atoms with Crippen LogP contribution in [0.3, 0.4) is 0 Å². The van der Waals surface area contributed by atoms with Crippen molar-refractivity contribution in [2.75, 3.05) is 31.1 Å². The lowest BCUT2D eigenvalue weighted by Gasteiger charge is -2.38. The Labute approximate surface area is 129 Å². The fraction of sp³-hybridized carbons (Fsp3) is 0.500. The van der Waals surface area contributed by atoms with E-state index in [0.29, 0.717) is 30.9 Å². The molecule has 22 heavy (non-hydrogen) atoms. The van der Waals surface area contributed by atoms with E-state index in [4.69, 9.17) is 4.74 Å². The first-order valence-corrected chi connectivity index (χ1v) is 7.41. The molecule has 0 spiro atoms. The molecule has 1 fully saturated rings. The average Bonchev–Trinajstić information content (AvgIpc) is 2.47. The Balaban J connectivity index is 2.08. The molecule has 2 rings (SSSR count). The standard InChI is InChI=1S/C16H21FN2O3/c1-4-22-15(20)10-18-7-8-19(16(21)12(18)3)13-6-5-11(2)14(17)9-13/h5-6,9,12H,4,7-8,10H2,1-3H3/t12-/m1/s1. The molecule has 1 atom stereocenters.